The third kappa shape index (κ3) is 2.22. The van der Waals surface area contributed by atoms with Gasteiger partial charge in [0.1, 0.15) is 5.94 Å². The van der Waals surface area contributed by atoms with Gasteiger partial charge in [-0.2, -0.15) is 0 Å². The Labute approximate surface area is 116 Å². The molecule has 0 saturated heterocycles. The maximum Gasteiger partial charge on any atom is 0.153 e. The Morgan fingerprint density at radius 3 is 2.90 bits per heavy atom. The molecule has 2 N–H and O–H groups in total. The molecule has 1 aliphatic rings. The number of carbonyl (C=O) groups excluding carboxylic acids is 1. The molecule has 1 aliphatic carbocycles. The Kier molecular flexibility index (Phi) is 3.12. The van der Waals surface area contributed by atoms with Crippen LogP contribution >= 0.6 is 0 Å². The molecule has 20 heavy (non-hydrogen) atoms. The van der Waals surface area contributed by atoms with Crippen molar-refractivity contribution in [3.8, 4) is 0 Å². The van der Waals surface area contributed by atoms with Crippen molar-refractivity contribution in [1.82, 2.24) is 0 Å². The molecular formula is C17H12NO2. The van der Waals surface area contributed by atoms with E-state index in [1.807, 2.05) is 42.5 Å². The van der Waals surface area contributed by atoms with Crippen LogP contribution in [0.3, 0.4) is 0 Å². The number of fused-ring (bicyclic) bond motifs is 1. The number of hydrogen-bond donors (Lipinski definition) is 2. The number of aliphatic hydroxyl groups excluding tert-OH is 1. The average molecular weight is 262 g/mol. The summed E-state index contributed by atoms with van der Waals surface area (Å²) in [5.41, 5.74) is 1.49. The van der Waals surface area contributed by atoms with Gasteiger partial charge in [-0.3, -0.25) is 0 Å². The van der Waals surface area contributed by atoms with Gasteiger partial charge in [0.05, 0.1) is 11.3 Å². The van der Waals surface area contributed by atoms with Crippen LogP contribution in [0.2, 0.25) is 0 Å². The maximum absolute atomic E-state index is 10.7. The zero-order chi connectivity index (χ0) is 13.9. The van der Waals surface area contributed by atoms with E-state index in [2.05, 4.69) is 11.4 Å². The van der Waals surface area contributed by atoms with Gasteiger partial charge in [-0.1, -0.05) is 36.4 Å². The van der Waals surface area contributed by atoms with Gasteiger partial charge in [-0.05, 0) is 22.9 Å². The van der Waals surface area contributed by atoms with Crippen LogP contribution in [0.5, 0.6) is 0 Å². The highest BCUT2D eigenvalue weighted by molar-refractivity contribution is 5.85. The summed E-state index contributed by atoms with van der Waals surface area (Å²) in [7, 11) is 0. The zero-order valence-corrected chi connectivity index (χ0v) is 10.7. The molecule has 0 spiro atoms. The molecule has 0 saturated carbocycles. The van der Waals surface area contributed by atoms with Crippen LogP contribution in [-0.4, -0.2) is 11.0 Å². The van der Waals surface area contributed by atoms with E-state index in [4.69, 9.17) is 0 Å². The highest BCUT2D eigenvalue weighted by atomic mass is 16.3. The van der Waals surface area contributed by atoms with E-state index in [-0.39, 0.29) is 11.3 Å². The largest absolute Gasteiger partial charge is 0.505 e. The van der Waals surface area contributed by atoms with Crippen molar-refractivity contribution in [2.75, 3.05) is 5.32 Å². The number of nitrogens with one attached hydrogen (secondary N) is 1. The van der Waals surface area contributed by atoms with Crippen LogP contribution in [0.4, 0.5) is 5.69 Å². The highest BCUT2D eigenvalue weighted by Crippen LogP contribution is 2.24. The topological polar surface area (TPSA) is 49.3 Å². The lowest BCUT2D eigenvalue weighted by Gasteiger charge is -2.14. The number of hydrogen-bond acceptors (Lipinski definition) is 3. The monoisotopic (exact) mass is 262 g/mol. The molecule has 0 amide bonds. The van der Waals surface area contributed by atoms with Gasteiger partial charge in [-0.25, -0.2) is 4.79 Å². The number of benzene rings is 2. The van der Waals surface area contributed by atoms with E-state index in [9.17, 15) is 9.90 Å². The van der Waals surface area contributed by atoms with E-state index in [1.165, 1.54) is 0 Å². The molecule has 3 rings (SSSR count). The van der Waals surface area contributed by atoms with E-state index >= 15 is 0 Å². The van der Waals surface area contributed by atoms with Gasteiger partial charge in [0.15, 0.2) is 5.76 Å². The normalized spacial score (nSPS) is 14.5. The molecule has 0 bridgehead atoms. The van der Waals surface area contributed by atoms with Gasteiger partial charge >= 0.3 is 0 Å². The predicted octanol–water partition coefficient (Wildman–Crippen LogP) is 3.54. The lowest BCUT2D eigenvalue weighted by atomic mass is 10.0. The van der Waals surface area contributed by atoms with Crippen molar-refractivity contribution < 1.29 is 9.90 Å². The molecule has 0 atom stereocenters. The summed E-state index contributed by atoms with van der Waals surface area (Å²) in [5.74, 6) is 1.70. The molecule has 0 aliphatic heterocycles. The Morgan fingerprint density at radius 1 is 1.20 bits per heavy atom. The van der Waals surface area contributed by atoms with Crippen LogP contribution in [0.25, 0.3) is 10.8 Å². The molecule has 1 radical (unpaired) electrons. The van der Waals surface area contributed by atoms with Gasteiger partial charge in [0.2, 0.25) is 0 Å². The molecule has 3 heteroatoms. The van der Waals surface area contributed by atoms with Gasteiger partial charge in [0, 0.05) is 18.2 Å². The molecule has 2 aromatic rings. The first kappa shape index (κ1) is 12.3. The van der Waals surface area contributed by atoms with Crippen molar-refractivity contribution in [1.29, 1.82) is 0 Å². The minimum absolute atomic E-state index is 0.0518. The Hall–Kier alpha value is -2.77. The summed E-state index contributed by atoms with van der Waals surface area (Å²) >= 11 is 0. The lowest BCUT2D eigenvalue weighted by Crippen LogP contribution is -2.07. The Bertz CT molecular complexity index is 780. The fourth-order valence-corrected chi connectivity index (χ4v) is 2.16. The van der Waals surface area contributed by atoms with E-state index < -0.39 is 0 Å². The summed E-state index contributed by atoms with van der Waals surface area (Å²) in [6, 6.07) is 15.0. The maximum atomic E-state index is 10.7. The Morgan fingerprint density at radius 2 is 2.05 bits per heavy atom. The molecule has 0 heterocycles. The van der Waals surface area contributed by atoms with Crippen molar-refractivity contribution in [3.63, 3.8) is 0 Å². The first-order valence-corrected chi connectivity index (χ1v) is 6.30. The van der Waals surface area contributed by atoms with Gasteiger partial charge in [-0.15, -0.1) is 0 Å². The number of allylic oxidation sites excluding steroid dienone is 3. The Balaban J connectivity index is 1.97. The van der Waals surface area contributed by atoms with Crippen molar-refractivity contribution >= 4 is 22.4 Å². The molecular weight excluding hydrogens is 250 g/mol. The molecule has 0 fully saturated rings. The first-order valence-electron chi connectivity index (χ1n) is 6.30. The highest BCUT2D eigenvalue weighted by Gasteiger charge is 2.13. The van der Waals surface area contributed by atoms with Crippen LogP contribution in [-0.2, 0) is 4.79 Å². The third-order valence-corrected chi connectivity index (χ3v) is 3.20. The second kappa shape index (κ2) is 5.08. The van der Waals surface area contributed by atoms with E-state index in [0.717, 1.165) is 16.5 Å². The fraction of sp³-hybridized carbons (Fsp3) is 0.0588. The minimum atomic E-state index is -0.0518. The summed E-state index contributed by atoms with van der Waals surface area (Å²) in [6.07, 6.45) is 3.96. The zero-order valence-electron chi connectivity index (χ0n) is 10.7. The van der Waals surface area contributed by atoms with Crippen LogP contribution < -0.4 is 5.32 Å². The predicted molar refractivity (Wildman–Crippen MR) is 79.0 cm³/mol. The lowest BCUT2D eigenvalue weighted by molar-refractivity contribution is 0.415. The summed E-state index contributed by atoms with van der Waals surface area (Å²) in [6.45, 7) is 0. The van der Waals surface area contributed by atoms with Gasteiger partial charge < -0.3 is 10.4 Å². The van der Waals surface area contributed by atoms with E-state index in [1.54, 1.807) is 12.0 Å². The van der Waals surface area contributed by atoms with Crippen LogP contribution in [0.1, 0.15) is 6.42 Å². The van der Waals surface area contributed by atoms with Gasteiger partial charge in [0.25, 0.3) is 0 Å². The van der Waals surface area contributed by atoms with Crippen molar-refractivity contribution in [2.24, 2.45) is 0 Å². The summed E-state index contributed by atoms with van der Waals surface area (Å²) in [5, 5.41) is 15.1. The third-order valence-electron chi connectivity index (χ3n) is 3.20. The minimum Gasteiger partial charge on any atom is -0.505 e. The summed E-state index contributed by atoms with van der Waals surface area (Å²) in [4.78, 5) is 10.7. The van der Waals surface area contributed by atoms with Crippen molar-refractivity contribution in [2.45, 2.75) is 6.42 Å². The SMILES string of the molecule is O=C=C1CC=CC(Nc2[c]c3ccccc3cc2)=C1O. The average Bonchev–Trinajstić information content (AvgIpc) is 2.49. The first-order chi connectivity index (χ1) is 9.78. The van der Waals surface area contributed by atoms with Crippen LogP contribution in [0, 0.1) is 6.07 Å². The quantitative estimate of drug-likeness (QED) is 0.814. The molecule has 3 nitrogen and oxygen atoms in total. The van der Waals surface area contributed by atoms with Crippen LogP contribution in [0.15, 0.2) is 65.6 Å². The number of aliphatic hydroxyl groups is 1. The molecule has 0 unspecified atom stereocenters. The van der Waals surface area contributed by atoms with E-state index in [0.29, 0.717) is 12.1 Å². The molecule has 2 aromatic carbocycles. The summed E-state index contributed by atoms with van der Waals surface area (Å²) < 4.78 is 0. The number of anilines is 1. The van der Waals surface area contributed by atoms with Crippen molar-refractivity contribution in [3.05, 3.63) is 71.6 Å². The second-order valence-corrected chi connectivity index (χ2v) is 4.53. The standard InChI is InChI=1S/C17H12NO2/c19-11-14-6-3-7-16(17(14)20)18-15-9-8-12-4-1-2-5-13(12)10-15/h1-5,7-9,18,20H,6H2. The number of rotatable bonds is 2. The fourth-order valence-electron chi connectivity index (χ4n) is 2.16. The smallest absolute Gasteiger partial charge is 0.153 e. The molecule has 0 aromatic heterocycles. The second-order valence-electron chi connectivity index (χ2n) is 4.53. The molecule has 97 valence electrons.